The minimum Gasteiger partial charge on any atom is -0.463 e. The molecular weight excluding hydrogens is 701 g/mol. The third kappa shape index (κ3) is 40.4. The molecular formula is C44H74NO8P. The highest BCUT2D eigenvalue weighted by atomic mass is 31.2. The van der Waals surface area contributed by atoms with Gasteiger partial charge in [-0.1, -0.05) is 157 Å². The van der Waals surface area contributed by atoms with Crippen molar-refractivity contribution in [2.75, 3.05) is 26.4 Å². The predicted octanol–water partition coefficient (Wildman–Crippen LogP) is 11.3. The fourth-order valence-corrected chi connectivity index (χ4v) is 5.77. The molecule has 0 fully saturated rings. The number of carbonyl (C=O) groups is 2. The number of aliphatic hydroxyl groups excluding tert-OH is 1. The van der Waals surface area contributed by atoms with E-state index >= 15 is 0 Å². The highest BCUT2D eigenvalue weighted by molar-refractivity contribution is 7.47. The number of rotatable bonds is 37. The molecule has 2 unspecified atom stereocenters. The number of hydrogen-bond donors (Lipinski definition) is 3. The quantitative estimate of drug-likeness (QED) is 0.0246. The second kappa shape index (κ2) is 39.9. The molecule has 0 radical (unpaired) electrons. The molecule has 308 valence electrons. The van der Waals surface area contributed by atoms with Gasteiger partial charge in [-0.3, -0.25) is 18.6 Å². The molecule has 1 amide bonds. The lowest BCUT2D eigenvalue weighted by Gasteiger charge is -2.15. The Labute approximate surface area is 328 Å². The van der Waals surface area contributed by atoms with Crippen molar-refractivity contribution in [3.63, 3.8) is 0 Å². The summed E-state index contributed by atoms with van der Waals surface area (Å²) in [5.74, 6) is -0.586. The van der Waals surface area contributed by atoms with Crippen molar-refractivity contribution in [1.82, 2.24) is 5.32 Å². The molecule has 0 aromatic carbocycles. The van der Waals surface area contributed by atoms with Crippen molar-refractivity contribution in [2.45, 2.75) is 155 Å². The molecule has 0 aliphatic heterocycles. The van der Waals surface area contributed by atoms with E-state index in [4.69, 9.17) is 13.8 Å². The van der Waals surface area contributed by atoms with Crippen LogP contribution in [0.3, 0.4) is 0 Å². The van der Waals surface area contributed by atoms with Crippen LogP contribution in [0.1, 0.15) is 149 Å². The molecule has 2 atom stereocenters. The summed E-state index contributed by atoms with van der Waals surface area (Å²) in [6.07, 6.45) is 49.5. The second-order valence-electron chi connectivity index (χ2n) is 13.2. The maximum atomic E-state index is 12.1. The smallest absolute Gasteiger partial charge is 0.463 e. The minimum absolute atomic E-state index is 0.0718. The number of aliphatic hydroxyl groups is 1. The Morgan fingerprint density at radius 2 is 1.06 bits per heavy atom. The van der Waals surface area contributed by atoms with Crippen LogP contribution < -0.4 is 5.32 Å². The van der Waals surface area contributed by atoms with Gasteiger partial charge in [-0.15, -0.1) is 0 Å². The molecule has 3 N–H and O–H groups in total. The molecule has 0 heterocycles. The van der Waals surface area contributed by atoms with Gasteiger partial charge in [0.1, 0.15) is 12.7 Å². The highest BCUT2D eigenvalue weighted by Crippen LogP contribution is 2.42. The van der Waals surface area contributed by atoms with E-state index in [1.54, 1.807) is 0 Å². The van der Waals surface area contributed by atoms with Gasteiger partial charge >= 0.3 is 13.8 Å². The second-order valence-corrected chi connectivity index (χ2v) is 14.7. The third-order valence-electron chi connectivity index (χ3n) is 8.09. The standard InChI is InChI=1S/C44H74NO8P/c1-3-5-7-9-11-13-15-16-17-18-19-20-21-22-23-24-25-26-27-29-31-33-35-37-44(48)51-40-42(46)41-53-54(49,50)52-39-38-45-43(47)36-34-32-30-28-14-12-10-8-6-4-2/h5,7,11,13,16-17,19-20,22-23,25-26,29,31,42,46H,3-4,6,8-10,12,14-15,18,21,24,27-28,30,32-41H2,1-2H3,(H,45,47)(H,49,50)/b7-5-,13-11-,17-16-,20-19-,23-22-,26-25-,31-29-. The molecule has 0 aromatic heterocycles. The van der Waals surface area contributed by atoms with Gasteiger partial charge in [0.05, 0.1) is 13.2 Å². The summed E-state index contributed by atoms with van der Waals surface area (Å²) in [6.45, 7) is 3.33. The summed E-state index contributed by atoms with van der Waals surface area (Å²) in [5, 5.41) is 12.6. The Bertz CT molecular complexity index is 1160. The predicted molar refractivity (Wildman–Crippen MR) is 224 cm³/mol. The van der Waals surface area contributed by atoms with Crippen molar-refractivity contribution in [3.8, 4) is 0 Å². The van der Waals surface area contributed by atoms with Crippen LogP contribution in [-0.2, 0) is 27.9 Å². The first-order valence-electron chi connectivity index (χ1n) is 20.6. The summed E-state index contributed by atoms with van der Waals surface area (Å²) in [5.41, 5.74) is 0. The number of nitrogens with one attached hydrogen (secondary N) is 1. The Balaban J connectivity index is 3.75. The van der Waals surface area contributed by atoms with Gasteiger partial charge in [-0.05, 0) is 64.2 Å². The molecule has 0 bridgehead atoms. The number of esters is 1. The molecule has 0 spiro atoms. The lowest BCUT2D eigenvalue weighted by molar-refractivity contribution is -0.147. The molecule has 0 rings (SSSR count). The first-order chi connectivity index (χ1) is 26.3. The highest BCUT2D eigenvalue weighted by Gasteiger charge is 2.23. The zero-order valence-corrected chi connectivity index (χ0v) is 34.5. The number of ether oxygens (including phenoxy) is 1. The van der Waals surface area contributed by atoms with Gasteiger partial charge in [0.25, 0.3) is 0 Å². The van der Waals surface area contributed by atoms with E-state index in [1.165, 1.54) is 44.9 Å². The molecule has 0 aliphatic rings. The van der Waals surface area contributed by atoms with Gasteiger partial charge in [-0.25, -0.2) is 4.57 Å². The van der Waals surface area contributed by atoms with Crippen molar-refractivity contribution < 1.29 is 37.9 Å². The summed E-state index contributed by atoms with van der Waals surface area (Å²) in [4.78, 5) is 33.8. The maximum absolute atomic E-state index is 12.1. The van der Waals surface area contributed by atoms with E-state index < -0.39 is 26.5 Å². The lowest BCUT2D eigenvalue weighted by Crippen LogP contribution is -2.27. The number of phosphoric acid groups is 1. The number of hydrogen-bond acceptors (Lipinski definition) is 7. The van der Waals surface area contributed by atoms with Gasteiger partial charge in [0, 0.05) is 19.4 Å². The molecule has 54 heavy (non-hydrogen) atoms. The molecule has 9 nitrogen and oxygen atoms in total. The number of unbranched alkanes of at least 4 members (excludes halogenated alkanes) is 10. The van der Waals surface area contributed by atoms with Crippen LogP contribution in [0.25, 0.3) is 0 Å². The van der Waals surface area contributed by atoms with Crippen LogP contribution >= 0.6 is 7.82 Å². The fraction of sp³-hybridized carbons (Fsp3) is 0.636. The molecule has 10 heteroatoms. The van der Waals surface area contributed by atoms with Crippen LogP contribution in [0.2, 0.25) is 0 Å². The minimum atomic E-state index is -4.43. The van der Waals surface area contributed by atoms with Crippen LogP contribution in [0, 0.1) is 0 Å². The summed E-state index contributed by atoms with van der Waals surface area (Å²) in [7, 11) is -4.43. The average Bonchev–Trinajstić information content (AvgIpc) is 3.16. The number of allylic oxidation sites excluding steroid dienone is 14. The maximum Gasteiger partial charge on any atom is 0.472 e. The van der Waals surface area contributed by atoms with Gasteiger partial charge in [0.15, 0.2) is 0 Å². The Morgan fingerprint density at radius 1 is 0.593 bits per heavy atom. The van der Waals surface area contributed by atoms with E-state index in [1.807, 2.05) is 6.08 Å². The zero-order chi connectivity index (χ0) is 39.6. The lowest BCUT2D eigenvalue weighted by atomic mass is 10.1. The van der Waals surface area contributed by atoms with Crippen LogP contribution in [0.15, 0.2) is 85.1 Å². The monoisotopic (exact) mass is 776 g/mol. The van der Waals surface area contributed by atoms with Crippen LogP contribution in [-0.4, -0.2) is 54.3 Å². The average molecular weight is 776 g/mol. The molecule has 0 aromatic rings. The van der Waals surface area contributed by atoms with E-state index in [0.717, 1.165) is 70.6 Å². The van der Waals surface area contributed by atoms with Crippen molar-refractivity contribution in [2.24, 2.45) is 0 Å². The summed E-state index contributed by atoms with van der Waals surface area (Å²) in [6, 6.07) is 0. The van der Waals surface area contributed by atoms with E-state index in [-0.39, 0.29) is 32.1 Å². The van der Waals surface area contributed by atoms with E-state index in [2.05, 4.69) is 98.2 Å². The summed E-state index contributed by atoms with van der Waals surface area (Å²) < 4.78 is 26.7. The van der Waals surface area contributed by atoms with Gasteiger partial charge < -0.3 is 20.1 Å². The first kappa shape index (κ1) is 51.2. The van der Waals surface area contributed by atoms with E-state index in [9.17, 15) is 24.2 Å². The molecule has 0 aliphatic carbocycles. The largest absolute Gasteiger partial charge is 0.472 e. The van der Waals surface area contributed by atoms with E-state index in [0.29, 0.717) is 12.8 Å². The summed E-state index contributed by atoms with van der Waals surface area (Å²) >= 11 is 0. The Kier molecular flexibility index (Phi) is 37.8. The Morgan fingerprint density at radius 3 is 1.56 bits per heavy atom. The molecule has 0 saturated heterocycles. The van der Waals surface area contributed by atoms with Crippen LogP contribution in [0.4, 0.5) is 0 Å². The SMILES string of the molecule is CC/C=C\C/C=C\C/C=C\C/C=C\C/C=C\C/C=C\C/C=C\CCCC(=O)OCC(O)COP(=O)(O)OCCNC(=O)CCCCCCCCCCCC. The van der Waals surface area contributed by atoms with Crippen molar-refractivity contribution in [3.05, 3.63) is 85.1 Å². The van der Waals surface area contributed by atoms with Gasteiger partial charge in [0.2, 0.25) is 5.91 Å². The number of carbonyl (C=O) groups excluding carboxylic acids is 2. The topological polar surface area (TPSA) is 131 Å². The third-order valence-corrected chi connectivity index (χ3v) is 9.07. The molecule has 0 saturated carbocycles. The zero-order valence-electron chi connectivity index (χ0n) is 33.6. The number of amides is 1. The Hall–Kier alpha value is -2.81. The number of phosphoric ester groups is 1. The van der Waals surface area contributed by atoms with Gasteiger partial charge in [-0.2, -0.15) is 0 Å². The van der Waals surface area contributed by atoms with Crippen molar-refractivity contribution in [1.29, 1.82) is 0 Å². The first-order valence-corrected chi connectivity index (χ1v) is 22.1. The van der Waals surface area contributed by atoms with Crippen molar-refractivity contribution >= 4 is 19.7 Å². The normalized spacial score (nSPS) is 14.2. The fourth-order valence-electron chi connectivity index (χ4n) is 5.01. The van der Waals surface area contributed by atoms with Crippen LogP contribution in [0.5, 0.6) is 0 Å².